The molecule has 0 bridgehead atoms. The third kappa shape index (κ3) is 4.21. The summed E-state index contributed by atoms with van der Waals surface area (Å²) in [6, 6.07) is 1.96. The summed E-state index contributed by atoms with van der Waals surface area (Å²) in [5.41, 5.74) is 0.719. The molecule has 0 amide bonds. The van der Waals surface area contributed by atoms with Crippen LogP contribution in [0.5, 0.6) is 0 Å². The van der Waals surface area contributed by atoms with Crippen LogP contribution < -0.4 is 14.8 Å². The molecule has 8 heteroatoms. The van der Waals surface area contributed by atoms with Crippen LogP contribution in [-0.2, 0) is 25.6 Å². The Hall–Kier alpha value is -2.19. The third-order valence-electron chi connectivity index (χ3n) is 3.14. The number of hydrogen-bond acceptors (Lipinski definition) is 7. The van der Waals surface area contributed by atoms with Crippen molar-refractivity contribution >= 4 is 46.8 Å². The fourth-order valence-corrected chi connectivity index (χ4v) is 3.87. The van der Waals surface area contributed by atoms with Gasteiger partial charge in [0.15, 0.2) is 0 Å². The number of carbonyl (C=O) groups excluding carboxylic acids is 2. The number of esters is 2. The number of carbonyl (C=O) groups is 2. The molecule has 0 aliphatic heterocycles. The lowest BCUT2D eigenvalue weighted by atomic mass is 10.3. The minimum atomic E-state index is -0.563. The zero-order chi connectivity index (χ0) is 17.7. The van der Waals surface area contributed by atoms with E-state index in [9.17, 15) is 14.4 Å². The predicted octanol–water partition coefficient (Wildman–Crippen LogP) is 0.625. The molecule has 2 rings (SSSR count). The number of aromatic nitrogens is 1. The second-order valence-electron chi connectivity index (χ2n) is 4.78. The Bertz CT molecular complexity index is 919. The van der Waals surface area contributed by atoms with Crippen LogP contribution in [0.2, 0.25) is 0 Å². The van der Waals surface area contributed by atoms with E-state index in [2.05, 4.69) is 4.74 Å². The number of hydrogen-bond donors (Lipinski definition) is 0. The van der Waals surface area contributed by atoms with Gasteiger partial charge in [0.2, 0.25) is 0 Å². The van der Waals surface area contributed by atoms with E-state index in [1.807, 2.05) is 18.4 Å². The number of rotatable bonds is 5. The lowest BCUT2D eigenvalue weighted by Gasteiger charge is -2.00. The molecular weight excluding hydrogens is 350 g/mol. The summed E-state index contributed by atoms with van der Waals surface area (Å²) < 4.78 is 11.5. The van der Waals surface area contributed by atoms with Gasteiger partial charge in [-0.25, -0.2) is 4.79 Å². The minimum absolute atomic E-state index is 0.231. The fourth-order valence-electron chi connectivity index (χ4n) is 1.92. The topological polar surface area (TPSA) is 74.6 Å². The Morgan fingerprint density at radius 2 is 2.12 bits per heavy atom. The van der Waals surface area contributed by atoms with E-state index in [0.717, 1.165) is 21.8 Å². The molecule has 0 unspecified atom stereocenters. The van der Waals surface area contributed by atoms with E-state index >= 15 is 0 Å². The lowest BCUT2D eigenvalue weighted by Crippen LogP contribution is -2.34. The highest BCUT2D eigenvalue weighted by Crippen LogP contribution is 2.15. The molecule has 2 aromatic heterocycles. The van der Waals surface area contributed by atoms with Crippen molar-refractivity contribution in [2.45, 2.75) is 20.4 Å². The van der Waals surface area contributed by atoms with Crippen LogP contribution in [0.1, 0.15) is 17.4 Å². The SMILES string of the molecule is CCOC(=O)/C=c1\s/c(=C\c2sccc2C)c(=O)n1CC(=O)OC. The number of methoxy groups -OCH3 is 1. The largest absolute Gasteiger partial charge is 0.468 e. The number of thiophene rings is 1. The maximum atomic E-state index is 12.6. The van der Waals surface area contributed by atoms with Crippen LogP contribution in [-0.4, -0.2) is 30.2 Å². The third-order valence-corrected chi connectivity index (χ3v) is 5.17. The number of thiazole rings is 1. The van der Waals surface area contributed by atoms with E-state index in [0.29, 0.717) is 9.20 Å². The quantitative estimate of drug-likeness (QED) is 0.725. The highest BCUT2D eigenvalue weighted by molar-refractivity contribution is 7.11. The Labute approximate surface area is 146 Å². The van der Waals surface area contributed by atoms with Gasteiger partial charge in [-0.1, -0.05) is 0 Å². The molecule has 24 heavy (non-hydrogen) atoms. The van der Waals surface area contributed by atoms with Gasteiger partial charge in [-0.15, -0.1) is 22.7 Å². The average Bonchev–Trinajstić information content (AvgIpc) is 3.06. The highest BCUT2D eigenvalue weighted by atomic mass is 32.1. The Morgan fingerprint density at radius 3 is 2.71 bits per heavy atom. The number of aryl methyl sites for hydroxylation is 1. The smallest absolute Gasteiger partial charge is 0.333 e. The first-order chi connectivity index (χ1) is 11.5. The van der Waals surface area contributed by atoms with Gasteiger partial charge in [-0.3, -0.25) is 14.2 Å². The van der Waals surface area contributed by atoms with Crippen molar-refractivity contribution in [3.8, 4) is 0 Å². The molecule has 2 heterocycles. The van der Waals surface area contributed by atoms with Crippen molar-refractivity contribution < 1.29 is 19.1 Å². The zero-order valence-electron chi connectivity index (χ0n) is 13.5. The molecule has 0 N–H and O–H groups in total. The summed E-state index contributed by atoms with van der Waals surface area (Å²) in [6.07, 6.45) is 2.99. The molecule has 0 fully saturated rings. The zero-order valence-corrected chi connectivity index (χ0v) is 15.2. The molecule has 2 aromatic rings. The van der Waals surface area contributed by atoms with Crippen molar-refractivity contribution in [3.05, 3.63) is 41.4 Å². The summed E-state index contributed by atoms with van der Waals surface area (Å²) in [7, 11) is 1.25. The van der Waals surface area contributed by atoms with Crippen molar-refractivity contribution in [3.63, 3.8) is 0 Å². The second kappa shape index (κ2) is 8.07. The second-order valence-corrected chi connectivity index (χ2v) is 6.79. The Kier molecular flexibility index (Phi) is 6.10. The maximum Gasteiger partial charge on any atom is 0.333 e. The molecule has 128 valence electrons. The number of nitrogens with zero attached hydrogens (tertiary/aromatic N) is 1. The van der Waals surface area contributed by atoms with Crippen LogP contribution in [0, 0.1) is 6.92 Å². The van der Waals surface area contributed by atoms with Gasteiger partial charge in [0.25, 0.3) is 5.56 Å². The first kappa shape index (κ1) is 18.2. The molecule has 0 spiro atoms. The molecule has 0 aliphatic rings. The first-order valence-corrected chi connectivity index (χ1v) is 8.86. The van der Waals surface area contributed by atoms with Crippen LogP contribution in [0.4, 0.5) is 0 Å². The molecule has 0 atom stereocenters. The molecule has 0 aliphatic carbocycles. The van der Waals surface area contributed by atoms with E-state index in [1.165, 1.54) is 29.1 Å². The monoisotopic (exact) mass is 367 g/mol. The maximum absolute atomic E-state index is 12.6. The van der Waals surface area contributed by atoms with E-state index in [4.69, 9.17) is 4.74 Å². The molecular formula is C16H17NO5S2. The summed E-state index contributed by atoms with van der Waals surface area (Å²) in [6.45, 7) is 3.62. The van der Waals surface area contributed by atoms with Crippen molar-refractivity contribution in [1.29, 1.82) is 0 Å². The lowest BCUT2D eigenvalue weighted by molar-refractivity contribution is -0.141. The van der Waals surface area contributed by atoms with E-state index in [-0.39, 0.29) is 18.7 Å². The summed E-state index contributed by atoms with van der Waals surface area (Å²) in [5, 5.41) is 1.94. The van der Waals surface area contributed by atoms with Gasteiger partial charge in [0, 0.05) is 4.88 Å². The van der Waals surface area contributed by atoms with E-state index in [1.54, 1.807) is 13.0 Å². The molecule has 6 nitrogen and oxygen atoms in total. The Balaban J connectivity index is 2.61. The van der Waals surface area contributed by atoms with Gasteiger partial charge >= 0.3 is 11.9 Å². The summed E-state index contributed by atoms with van der Waals surface area (Å²) in [4.78, 5) is 36.8. The predicted molar refractivity (Wildman–Crippen MR) is 93.6 cm³/mol. The van der Waals surface area contributed by atoms with Crippen LogP contribution in [0.15, 0.2) is 16.2 Å². The molecule has 0 radical (unpaired) electrons. The van der Waals surface area contributed by atoms with Crippen molar-refractivity contribution in [1.82, 2.24) is 4.57 Å². The normalized spacial score (nSPS) is 12.5. The Morgan fingerprint density at radius 1 is 1.38 bits per heavy atom. The molecule has 0 aromatic carbocycles. The minimum Gasteiger partial charge on any atom is -0.468 e. The molecule has 0 saturated heterocycles. The first-order valence-electron chi connectivity index (χ1n) is 7.17. The van der Waals surface area contributed by atoms with Crippen molar-refractivity contribution in [2.75, 3.05) is 13.7 Å². The average molecular weight is 367 g/mol. The van der Waals surface area contributed by atoms with Gasteiger partial charge in [-0.2, -0.15) is 0 Å². The van der Waals surface area contributed by atoms with Crippen LogP contribution in [0.3, 0.4) is 0 Å². The standard InChI is InChI=1S/C16H17NO5S2/c1-4-22-14(18)8-13-17(9-15(19)21-3)16(20)12(24-13)7-11-10(2)5-6-23-11/h5-8H,4,9H2,1-3H3/b12-7-,13-8-. The van der Waals surface area contributed by atoms with Crippen molar-refractivity contribution in [2.24, 2.45) is 0 Å². The van der Waals surface area contributed by atoms with Gasteiger partial charge in [0.1, 0.15) is 11.2 Å². The fraction of sp³-hybridized carbons (Fsp3) is 0.312. The van der Waals surface area contributed by atoms with Gasteiger partial charge in [-0.05, 0) is 36.9 Å². The van der Waals surface area contributed by atoms with Crippen LogP contribution >= 0.6 is 22.7 Å². The van der Waals surface area contributed by atoms with Crippen LogP contribution in [0.25, 0.3) is 12.2 Å². The van der Waals surface area contributed by atoms with Gasteiger partial charge < -0.3 is 9.47 Å². The number of ether oxygens (including phenoxy) is 2. The van der Waals surface area contributed by atoms with Gasteiger partial charge in [0.05, 0.1) is 24.3 Å². The highest BCUT2D eigenvalue weighted by Gasteiger charge is 2.11. The summed E-state index contributed by atoms with van der Waals surface area (Å²) in [5.74, 6) is -1.12. The summed E-state index contributed by atoms with van der Waals surface area (Å²) >= 11 is 2.66. The molecule has 0 saturated carbocycles. The van der Waals surface area contributed by atoms with E-state index < -0.39 is 11.9 Å².